The van der Waals surface area contributed by atoms with Crippen LogP contribution in [0.3, 0.4) is 0 Å². The summed E-state index contributed by atoms with van der Waals surface area (Å²) in [4.78, 5) is 14.6. The third-order valence-electron chi connectivity index (χ3n) is 4.88. The fraction of sp³-hybridized carbons (Fsp3) is 0.381. The smallest absolute Gasteiger partial charge is 0.315 e. The second-order valence-corrected chi connectivity index (χ2v) is 6.58. The van der Waals surface area contributed by atoms with Crippen LogP contribution < -0.4 is 25.0 Å². The maximum atomic E-state index is 12.3. The van der Waals surface area contributed by atoms with Gasteiger partial charge in [-0.15, -0.1) is 0 Å². The molecule has 1 aliphatic heterocycles. The Kier molecular flexibility index (Phi) is 6.41. The fourth-order valence-electron chi connectivity index (χ4n) is 3.43. The molecule has 0 atom stereocenters. The summed E-state index contributed by atoms with van der Waals surface area (Å²) in [7, 11) is 3.20. The Morgan fingerprint density at radius 1 is 1.04 bits per heavy atom. The summed E-state index contributed by atoms with van der Waals surface area (Å²) in [5.41, 5.74) is 2.12. The highest BCUT2D eigenvalue weighted by Gasteiger charge is 2.21. The number of methoxy groups -OCH3 is 2. The molecule has 2 amide bonds. The number of benzene rings is 2. The molecule has 0 unspecified atom stereocenters. The standard InChI is InChI=1S/C21H27N3O3/c1-26-19-10-6-7-16(20(19)27-2)15-22-21(25)23-17-11-13-24(14-12-17)18-8-4-3-5-9-18/h3-10,17H,11-15H2,1-2H3,(H2,22,23,25). The first-order valence-corrected chi connectivity index (χ1v) is 9.25. The van der Waals surface area contributed by atoms with E-state index in [1.54, 1.807) is 14.2 Å². The van der Waals surface area contributed by atoms with Gasteiger partial charge in [-0.25, -0.2) is 4.79 Å². The molecule has 0 spiro atoms. The van der Waals surface area contributed by atoms with Gasteiger partial charge < -0.3 is 25.0 Å². The van der Waals surface area contributed by atoms with E-state index in [1.807, 2.05) is 24.3 Å². The van der Waals surface area contributed by atoms with Gasteiger partial charge in [-0.3, -0.25) is 0 Å². The molecule has 2 aromatic rings. The molecule has 0 saturated carbocycles. The van der Waals surface area contributed by atoms with Crippen LogP contribution in [0.5, 0.6) is 11.5 Å². The number of rotatable bonds is 6. The van der Waals surface area contributed by atoms with E-state index in [1.165, 1.54) is 5.69 Å². The third kappa shape index (κ3) is 4.84. The van der Waals surface area contributed by atoms with Gasteiger partial charge in [0.05, 0.1) is 14.2 Å². The highest BCUT2D eigenvalue weighted by molar-refractivity contribution is 5.74. The molecular weight excluding hydrogens is 342 g/mol. The number of hydrogen-bond donors (Lipinski definition) is 2. The third-order valence-corrected chi connectivity index (χ3v) is 4.88. The number of amides is 2. The van der Waals surface area contributed by atoms with Crippen LogP contribution in [0.25, 0.3) is 0 Å². The first-order valence-electron chi connectivity index (χ1n) is 9.25. The van der Waals surface area contributed by atoms with Gasteiger partial charge >= 0.3 is 6.03 Å². The van der Waals surface area contributed by atoms with E-state index in [0.29, 0.717) is 18.0 Å². The van der Waals surface area contributed by atoms with Gasteiger partial charge in [0.15, 0.2) is 11.5 Å². The number of carbonyl (C=O) groups is 1. The maximum absolute atomic E-state index is 12.3. The topological polar surface area (TPSA) is 62.8 Å². The van der Waals surface area contributed by atoms with Crippen LogP contribution >= 0.6 is 0 Å². The molecular formula is C21H27N3O3. The van der Waals surface area contributed by atoms with Crippen molar-refractivity contribution >= 4 is 11.7 Å². The Morgan fingerprint density at radius 3 is 2.44 bits per heavy atom. The Morgan fingerprint density at radius 2 is 1.78 bits per heavy atom. The zero-order valence-corrected chi connectivity index (χ0v) is 15.9. The predicted molar refractivity (Wildman–Crippen MR) is 107 cm³/mol. The molecule has 1 heterocycles. The summed E-state index contributed by atoms with van der Waals surface area (Å²) < 4.78 is 10.7. The lowest BCUT2D eigenvalue weighted by atomic mass is 10.0. The Labute approximate surface area is 160 Å². The molecule has 3 rings (SSSR count). The van der Waals surface area contributed by atoms with Gasteiger partial charge in [0, 0.05) is 36.9 Å². The van der Waals surface area contributed by atoms with Crippen LogP contribution in [-0.4, -0.2) is 39.4 Å². The Bertz CT molecular complexity index is 744. The van der Waals surface area contributed by atoms with Crippen LogP contribution in [0.4, 0.5) is 10.5 Å². The van der Waals surface area contributed by atoms with E-state index in [9.17, 15) is 4.79 Å². The van der Waals surface area contributed by atoms with E-state index in [4.69, 9.17) is 9.47 Å². The largest absolute Gasteiger partial charge is 0.493 e. The van der Waals surface area contributed by atoms with Gasteiger partial charge in [0.25, 0.3) is 0 Å². The lowest BCUT2D eigenvalue weighted by Crippen LogP contribution is -2.47. The molecule has 1 saturated heterocycles. The fourth-order valence-corrected chi connectivity index (χ4v) is 3.43. The number of hydrogen-bond acceptors (Lipinski definition) is 4. The van der Waals surface area contributed by atoms with Gasteiger partial charge in [0.2, 0.25) is 0 Å². The molecule has 6 nitrogen and oxygen atoms in total. The average molecular weight is 369 g/mol. The monoisotopic (exact) mass is 369 g/mol. The van der Waals surface area contributed by atoms with Gasteiger partial charge in [-0.1, -0.05) is 30.3 Å². The molecule has 0 radical (unpaired) electrons. The predicted octanol–water partition coefficient (Wildman–Crippen LogP) is 3.17. The number of anilines is 1. The normalized spacial score (nSPS) is 14.5. The molecule has 0 aromatic heterocycles. The summed E-state index contributed by atoms with van der Waals surface area (Å²) in [5.74, 6) is 1.31. The van der Waals surface area contributed by atoms with Gasteiger partial charge in [0.1, 0.15) is 0 Å². The van der Waals surface area contributed by atoms with Crippen molar-refractivity contribution < 1.29 is 14.3 Å². The zero-order chi connectivity index (χ0) is 19.1. The second kappa shape index (κ2) is 9.16. The first-order chi connectivity index (χ1) is 13.2. The summed E-state index contributed by atoms with van der Waals surface area (Å²) >= 11 is 0. The number of carbonyl (C=O) groups excluding carboxylic acids is 1. The quantitative estimate of drug-likeness (QED) is 0.821. The van der Waals surface area contributed by atoms with Crippen molar-refractivity contribution in [2.75, 3.05) is 32.2 Å². The van der Waals surface area contributed by atoms with Crippen LogP contribution in [0.1, 0.15) is 18.4 Å². The number of ether oxygens (including phenoxy) is 2. The van der Waals surface area contributed by atoms with Crippen molar-refractivity contribution in [3.05, 3.63) is 54.1 Å². The van der Waals surface area contributed by atoms with Crippen LogP contribution in [0, 0.1) is 0 Å². The molecule has 144 valence electrons. The Balaban J connectivity index is 1.47. The minimum Gasteiger partial charge on any atom is -0.493 e. The second-order valence-electron chi connectivity index (χ2n) is 6.58. The molecule has 1 aliphatic rings. The van der Waals surface area contributed by atoms with Crippen molar-refractivity contribution in [1.29, 1.82) is 0 Å². The highest BCUT2D eigenvalue weighted by atomic mass is 16.5. The minimum absolute atomic E-state index is 0.155. The first kappa shape index (κ1) is 18.9. The molecule has 0 aliphatic carbocycles. The SMILES string of the molecule is COc1cccc(CNC(=O)NC2CCN(c3ccccc3)CC2)c1OC. The minimum atomic E-state index is -0.155. The van der Waals surface area contributed by atoms with Crippen LogP contribution in [-0.2, 0) is 6.54 Å². The average Bonchev–Trinajstić information content (AvgIpc) is 2.73. The molecule has 2 N–H and O–H groups in total. The van der Waals surface area contributed by atoms with Crippen molar-refractivity contribution in [3.8, 4) is 11.5 Å². The van der Waals surface area contributed by atoms with E-state index in [2.05, 4.69) is 39.8 Å². The zero-order valence-electron chi connectivity index (χ0n) is 15.9. The number of para-hydroxylation sites is 2. The molecule has 0 bridgehead atoms. The molecule has 6 heteroatoms. The van der Waals surface area contributed by atoms with Gasteiger partial charge in [-0.2, -0.15) is 0 Å². The number of nitrogens with one attached hydrogen (secondary N) is 2. The summed E-state index contributed by atoms with van der Waals surface area (Å²) in [6.07, 6.45) is 1.87. The highest BCUT2D eigenvalue weighted by Crippen LogP contribution is 2.30. The number of piperidine rings is 1. The van der Waals surface area contributed by atoms with E-state index in [0.717, 1.165) is 31.5 Å². The van der Waals surface area contributed by atoms with Crippen LogP contribution in [0.15, 0.2) is 48.5 Å². The van der Waals surface area contributed by atoms with Gasteiger partial charge in [-0.05, 0) is 31.0 Å². The van der Waals surface area contributed by atoms with E-state index >= 15 is 0 Å². The van der Waals surface area contributed by atoms with Crippen molar-refractivity contribution in [2.45, 2.75) is 25.4 Å². The van der Waals surface area contributed by atoms with E-state index in [-0.39, 0.29) is 12.1 Å². The lowest BCUT2D eigenvalue weighted by Gasteiger charge is -2.34. The van der Waals surface area contributed by atoms with Crippen LogP contribution in [0.2, 0.25) is 0 Å². The molecule has 1 fully saturated rings. The molecule has 2 aromatic carbocycles. The van der Waals surface area contributed by atoms with Crippen molar-refractivity contribution in [2.24, 2.45) is 0 Å². The summed E-state index contributed by atoms with van der Waals surface area (Å²) in [5, 5.41) is 5.99. The van der Waals surface area contributed by atoms with Crippen molar-refractivity contribution in [3.63, 3.8) is 0 Å². The number of urea groups is 1. The summed E-state index contributed by atoms with van der Waals surface area (Å²) in [6.45, 7) is 2.27. The maximum Gasteiger partial charge on any atom is 0.315 e. The Hall–Kier alpha value is -2.89. The lowest BCUT2D eigenvalue weighted by molar-refractivity contribution is 0.234. The number of nitrogens with zero attached hydrogens (tertiary/aromatic N) is 1. The van der Waals surface area contributed by atoms with Crippen molar-refractivity contribution in [1.82, 2.24) is 10.6 Å². The van der Waals surface area contributed by atoms with E-state index < -0.39 is 0 Å². The summed E-state index contributed by atoms with van der Waals surface area (Å²) in [6, 6.07) is 16.1. The molecule has 27 heavy (non-hydrogen) atoms.